The Morgan fingerprint density at radius 3 is 2.69 bits per heavy atom. The minimum Gasteiger partial charge on any atom is -0.486 e. The third kappa shape index (κ3) is 1.50. The lowest BCUT2D eigenvalue weighted by atomic mass is 10.2. The molecule has 2 heterocycles. The van der Waals surface area contributed by atoms with Crippen LogP contribution < -0.4 is 9.47 Å². The molecule has 1 aliphatic heterocycles. The van der Waals surface area contributed by atoms with Crippen LogP contribution in [0.15, 0.2) is 12.1 Å². The number of rotatable bonds is 1. The molecule has 0 saturated heterocycles. The molecular formula is C11H11ClN2O2. The molecule has 84 valence electrons. The van der Waals surface area contributed by atoms with Crippen LogP contribution in [-0.4, -0.2) is 23.2 Å². The minimum atomic E-state index is -0.133. The van der Waals surface area contributed by atoms with E-state index in [0.29, 0.717) is 13.2 Å². The zero-order valence-electron chi connectivity index (χ0n) is 8.79. The van der Waals surface area contributed by atoms with Crippen molar-refractivity contribution in [2.45, 2.75) is 12.3 Å². The first-order chi connectivity index (χ1) is 7.74. The molecule has 0 bridgehead atoms. The van der Waals surface area contributed by atoms with Crippen molar-refractivity contribution in [1.29, 1.82) is 0 Å². The van der Waals surface area contributed by atoms with Crippen LogP contribution in [0, 0.1) is 0 Å². The van der Waals surface area contributed by atoms with Crippen LogP contribution in [-0.2, 0) is 0 Å². The summed E-state index contributed by atoms with van der Waals surface area (Å²) < 4.78 is 11.0. The zero-order chi connectivity index (χ0) is 11.1. The second-order valence-electron chi connectivity index (χ2n) is 3.75. The average Bonchev–Trinajstić information content (AvgIpc) is 2.68. The van der Waals surface area contributed by atoms with Gasteiger partial charge in [-0.25, -0.2) is 4.98 Å². The van der Waals surface area contributed by atoms with E-state index in [9.17, 15) is 0 Å². The standard InChI is InChI=1S/C11H11ClN2O2/c1-6(12)11-13-7-4-9-10(5-8(7)14-11)16-3-2-15-9/h4-6H,2-3H2,1H3,(H,13,14). The number of hydrogen-bond acceptors (Lipinski definition) is 3. The molecule has 0 spiro atoms. The molecule has 0 fully saturated rings. The number of aromatic nitrogens is 2. The fraction of sp³-hybridized carbons (Fsp3) is 0.364. The van der Waals surface area contributed by atoms with Gasteiger partial charge in [0.05, 0.1) is 16.4 Å². The molecule has 2 aromatic rings. The Morgan fingerprint density at radius 2 is 2.00 bits per heavy atom. The van der Waals surface area contributed by atoms with Crippen LogP contribution in [0.3, 0.4) is 0 Å². The fourth-order valence-electron chi connectivity index (χ4n) is 1.75. The van der Waals surface area contributed by atoms with E-state index in [1.165, 1.54) is 0 Å². The number of nitrogens with zero attached hydrogens (tertiary/aromatic N) is 1. The third-order valence-corrected chi connectivity index (χ3v) is 2.75. The Kier molecular flexibility index (Phi) is 2.17. The van der Waals surface area contributed by atoms with Crippen LogP contribution in [0.4, 0.5) is 0 Å². The number of halogens is 1. The number of ether oxygens (including phenoxy) is 2. The molecule has 0 saturated carbocycles. The van der Waals surface area contributed by atoms with E-state index in [0.717, 1.165) is 28.4 Å². The minimum absolute atomic E-state index is 0.133. The van der Waals surface area contributed by atoms with Gasteiger partial charge in [0, 0.05) is 12.1 Å². The number of benzene rings is 1. The third-order valence-electron chi connectivity index (χ3n) is 2.54. The maximum absolute atomic E-state index is 5.98. The molecule has 0 radical (unpaired) electrons. The summed E-state index contributed by atoms with van der Waals surface area (Å²) in [6.45, 7) is 3.05. The summed E-state index contributed by atoms with van der Waals surface area (Å²) in [6, 6.07) is 3.78. The zero-order valence-corrected chi connectivity index (χ0v) is 9.54. The maximum atomic E-state index is 5.98. The Balaban J connectivity index is 2.16. The quantitative estimate of drug-likeness (QED) is 0.777. The lowest BCUT2D eigenvalue weighted by Gasteiger charge is -2.17. The van der Waals surface area contributed by atoms with Gasteiger partial charge in [0.2, 0.25) is 0 Å². The summed E-state index contributed by atoms with van der Waals surface area (Å²) in [5.41, 5.74) is 1.78. The van der Waals surface area contributed by atoms with Crippen LogP contribution in [0.1, 0.15) is 18.1 Å². The number of alkyl halides is 1. The van der Waals surface area contributed by atoms with Crippen molar-refractivity contribution in [3.63, 3.8) is 0 Å². The molecule has 5 heteroatoms. The highest BCUT2D eigenvalue weighted by Gasteiger charge is 2.15. The molecule has 1 aromatic carbocycles. The Bertz CT molecular complexity index is 493. The van der Waals surface area contributed by atoms with E-state index in [-0.39, 0.29) is 5.38 Å². The molecule has 0 aliphatic carbocycles. The predicted molar refractivity (Wildman–Crippen MR) is 61.4 cm³/mol. The second kappa shape index (κ2) is 3.56. The summed E-state index contributed by atoms with van der Waals surface area (Å²) in [5, 5.41) is -0.133. The molecule has 1 aliphatic rings. The number of imidazole rings is 1. The average molecular weight is 239 g/mol. The Morgan fingerprint density at radius 1 is 1.31 bits per heavy atom. The summed E-state index contributed by atoms with van der Waals surface area (Å²) in [6.07, 6.45) is 0. The van der Waals surface area contributed by atoms with Crippen LogP contribution in [0.25, 0.3) is 11.0 Å². The molecule has 3 rings (SSSR count). The number of aromatic amines is 1. The van der Waals surface area contributed by atoms with Crippen LogP contribution >= 0.6 is 11.6 Å². The number of H-pyrrole nitrogens is 1. The first kappa shape index (κ1) is 9.78. The molecule has 4 nitrogen and oxygen atoms in total. The highest BCUT2D eigenvalue weighted by Crippen LogP contribution is 2.34. The first-order valence-electron chi connectivity index (χ1n) is 5.17. The summed E-state index contributed by atoms with van der Waals surface area (Å²) in [7, 11) is 0. The largest absolute Gasteiger partial charge is 0.486 e. The van der Waals surface area contributed by atoms with Crippen molar-refractivity contribution in [1.82, 2.24) is 9.97 Å². The Hall–Kier alpha value is -1.42. The lowest BCUT2D eigenvalue weighted by Crippen LogP contribution is -2.15. The SMILES string of the molecule is CC(Cl)c1nc2cc3c(cc2[nH]1)OCCO3. The molecule has 16 heavy (non-hydrogen) atoms. The van der Waals surface area contributed by atoms with E-state index < -0.39 is 0 Å². The van der Waals surface area contributed by atoms with Crippen molar-refractivity contribution in [2.75, 3.05) is 13.2 Å². The number of nitrogens with one attached hydrogen (secondary N) is 1. The van der Waals surface area contributed by atoms with E-state index in [1.54, 1.807) is 0 Å². The van der Waals surface area contributed by atoms with Gasteiger partial charge in [-0.2, -0.15) is 0 Å². The van der Waals surface area contributed by atoms with Gasteiger partial charge in [-0.05, 0) is 6.92 Å². The summed E-state index contributed by atoms with van der Waals surface area (Å²) in [4.78, 5) is 7.56. The fourth-order valence-corrected chi connectivity index (χ4v) is 1.86. The van der Waals surface area contributed by atoms with Crippen LogP contribution in [0.2, 0.25) is 0 Å². The lowest BCUT2D eigenvalue weighted by molar-refractivity contribution is 0.172. The number of hydrogen-bond donors (Lipinski definition) is 1. The van der Waals surface area contributed by atoms with Gasteiger partial charge < -0.3 is 14.5 Å². The topological polar surface area (TPSA) is 47.1 Å². The van der Waals surface area contributed by atoms with E-state index >= 15 is 0 Å². The number of fused-ring (bicyclic) bond motifs is 2. The molecular weight excluding hydrogens is 228 g/mol. The molecule has 1 atom stereocenters. The van der Waals surface area contributed by atoms with E-state index in [2.05, 4.69) is 9.97 Å². The van der Waals surface area contributed by atoms with Gasteiger partial charge in [0.15, 0.2) is 11.5 Å². The van der Waals surface area contributed by atoms with E-state index in [4.69, 9.17) is 21.1 Å². The van der Waals surface area contributed by atoms with E-state index in [1.807, 2.05) is 19.1 Å². The highest BCUT2D eigenvalue weighted by atomic mass is 35.5. The van der Waals surface area contributed by atoms with Gasteiger partial charge in [0.25, 0.3) is 0 Å². The molecule has 1 N–H and O–H groups in total. The first-order valence-corrected chi connectivity index (χ1v) is 5.61. The smallest absolute Gasteiger partial charge is 0.163 e. The van der Waals surface area contributed by atoms with Gasteiger partial charge in [-0.1, -0.05) is 0 Å². The normalized spacial score (nSPS) is 16.4. The van der Waals surface area contributed by atoms with Gasteiger partial charge in [-0.15, -0.1) is 11.6 Å². The van der Waals surface area contributed by atoms with Gasteiger partial charge in [-0.3, -0.25) is 0 Å². The predicted octanol–water partition coefficient (Wildman–Crippen LogP) is 2.63. The molecule has 0 amide bonds. The summed E-state index contributed by atoms with van der Waals surface area (Å²) in [5.74, 6) is 2.27. The van der Waals surface area contributed by atoms with Crippen molar-refractivity contribution in [3.8, 4) is 11.5 Å². The van der Waals surface area contributed by atoms with Gasteiger partial charge in [0.1, 0.15) is 19.0 Å². The second-order valence-corrected chi connectivity index (χ2v) is 4.41. The Labute approximate surface area is 97.5 Å². The molecule has 1 aromatic heterocycles. The van der Waals surface area contributed by atoms with Crippen molar-refractivity contribution >= 4 is 22.6 Å². The van der Waals surface area contributed by atoms with Crippen LogP contribution in [0.5, 0.6) is 11.5 Å². The van der Waals surface area contributed by atoms with Gasteiger partial charge >= 0.3 is 0 Å². The van der Waals surface area contributed by atoms with Crippen molar-refractivity contribution in [2.24, 2.45) is 0 Å². The van der Waals surface area contributed by atoms with Crippen molar-refractivity contribution < 1.29 is 9.47 Å². The van der Waals surface area contributed by atoms with Crippen molar-refractivity contribution in [3.05, 3.63) is 18.0 Å². The molecule has 1 unspecified atom stereocenters. The monoisotopic (exact) mass is 238 g/mol. The highest BCUT2D eigenvalue weighted by molar-refractivity contribution is 6.20. The maximum Gasteiger partial charge on any atom is 0.163 e. The summed E-state index contributed by atoms with van der Waals surface area (Å²) >= 11 is 5.98.